The van der Waals surface area contributed by atoms with Crippen LogP contribution in [0.3, 0.4) is 0 Å². The molecule has 1 fully saturated rings. The van der Waals surface area contributed by atoms with Crippen LogP contribution in [0.5, 0.6) is 0 Å². The Kier molecular flexibility index (Phi) is 4.92. The third-order valence-electron chi connectivity index (χ3n) is 3.52. The van der Waals surface area contributed by atoms with E-state index < -0.39 is 21.9 Å². The smallest absolute Gasteiger partial charge is 0.309 e. The minimum Gasteiger partial charge on any atom is -0.481 e. The topological polar surface area (TPSA) is 90.8 Å². The summed E-state index contributed by atoms with van der Waals surface area (Å²) < 4.78 is 24.6. The molecule has 2 heterocycles. The number of pyridine rings is 1. The maximum absolute atomic E-state index is 11.7. The number of hydrogen-bond acceptors (Lipinski definition) is 5. The summed E-state index contributed by atoms with van der Waals surface area (Å²) in [6, 6.07) is 3.74. The number of rotatable bonds is 4. The summed E-state index contributed by atoms with van der Waals surface area (Å²) in [4.78, 5) is 17.3. The molecule has 2 rings (SSSR count). The second-order valence-electron chi connectivity index (χ2n) is 5.25. The summed E-state index contributed by atoms with van der Waals surface area (Å²) in [5, 5.41) is 9.27. The van der Waals surface area contributed by atoms with Crippen LogP contribution in [0.4, 0.5) is 0 Å². The maximum atomic E-state index is 11.7. The van der Waals surface area contributed by atoms with Gasteiger partial charge in [0, 0.05) is 45.1 Å². The lowest BCUT2D eigenvalue weighted by atomic mass is 10.1. The van der Waals surface area contributed by atoms with Gasteiger partial charge in [-0.2, -0.15) is 4.31 Å². The molecule has 0 radical (unpaired) electrons. The van der Waals surface area contributed by atoms with Crippen molar-refractivity contribution >= 4 is 16.0 Å². The molecule has 1 aromatic heterocycles. The monoisotopic (exact) mass is 313 g/mol. The van der Waals surface area contributed by atoms with Gasteiger partial charge in [-0.05, 0) is 11.6 Å². The van der Waals surface area contributed by atoms with Crippen molar-refractivity contribution in [2.75, 3.05) is 32.4 Å². The Hall–Kier alpha value is -1.51. The van der Waals surface area contributed by atoms with Gasteiger partial charge in [0.05, 0.1) is 12.2 Å². The third-order valence-corrected chi connectivity index (χ3v) is 4.79. The molecular formula is C13H19N3O4S. The molecule has 0 spiro atoms. The molecule has 1 aliphatic rings. The van der Waals surface area contributed by atoms with E-state index in [2.05, 4.69) is 4.98 Å². The van der Waals surface area contributed by atoms with Crippen molar-refractivity contribution < 1.29 is 18.3 Å². The molecule has 116 valence electrons. The minimum atomic E-state index is -3.38. The second kappa shape index (κ2) is 6.50. The number of carbonyl (C=O) groups is 1. The van der Waals surface area contributed by atoms with Crippen LogP contribution in [0, 0.1) is 5.92 Å². The van der Waals surface area contributed by atoms with Crippen LogP contribution in [0.2, 0.25) is 0 Å². The predicted molar refractivity (Wildman–Crippen MR) is 77.1 cm³/mol. The van der Waals surface area contributed by atoms with Crippen LogP contribution in [0.15, 0.2) is 24.5 Å². The Morgan fingerprint density at radius 1 is 1.43 bits per heavy atom. The van der Waals surface area contributed by atoms with Crippen LogP contribution >= 0.6 is 0 Å². The van der Waals surface area contributed by atoms with Gasteiger partial charge in [-0.25, -0.2) is 8.42 Å². The largest absolute Gasteiger partial charge is 0.481 e. The molecule has 0 saturated carbocycles. The highest BCUT2D eigenvalue weighted by molar-refractivity contribution is 7.88. The first kappa shape index (κ1) is 15.9. The van der Waals surface area contributed by atoms with E-state index in [1.807, 2.05) is 17.0 Å². The number of hydrogen-bond donors (Lipinski definition) is 1. The highest BCUT2D eigenvalue weighted by atomic mass is 32.2. The highest BCUT2D eigenvalue weighted by Crippen LogP contribution is 2.15. The average molecular weight is 313 g/mol. The summed E-state index contributed by atoms with van der Waals surface area (Å²) in [7, 11) is -3.38. The summed E-state index contributed by atoms with van der Waals surface area (Å²) in [6.45, 7) is 1.73. The Bertz CT molecular complexity index is 591. The second-order valence-corrected chi connectivity index (χ2v) is 7.23. The molecule has 1 atom stereocenters. The fraction of sp³-hybridized carbons (Fsp3) is 0.538. The van der Waals surface area contributed by atoms with Gasteiger partial charge in [0.25, 0.3) is 0 Å². The van der Waals surface area contributed by atoms with Crippen LogP contribution in [-0.2, 0) is 21.4 Å². The maximum Gasteiger partial charge on any atom is 0.309 e. The normalized spacial score (nSPS) is 21.9. The zero-order valence-electron chi connectivity index (χ0n) is 11.8. The molecule has 7 nitrogen and oxygen atoms in total. The van der Waals surface area contributed by atoms with Crippen molar-refractivity contribution in [2.24, 2.45) is 5.92 Å². The zero-order chi connectivity index (χ0) is 15.5. The third kappa shape index (κ3) is 4.48. The van der Waals surface area contributed by atoms with E-state index in [1.165, 1.54) is 4.31 Å². The lowest BCUT2D eigenvalue weighted by Crippen LogP contribution is -2.37. The number of aromatic nitrogens is 1. The predicted octanol–water partition coefficient (Wildman–Crippen LogP) is -0.140. The highest BCUT2D eigenvalue weighted by Gasteiger charge is 2.31. The molecule has 1 unspecified atom stereocenters. The zero-order valence-corrected chi connectivity index (χ0v) is 12.7. The first-order valence-electron chi connectivity index (χ1n) is 6.65. The number of carboxylic acid groups (broad SMARTS) is 1. The molecule has 8 heteroatoms. The van der Waals surface area contributed by atoms with Crippen molar-refractivity contribution in [1.29, 1.82) is 0 Å². The van der Waals surface area contributed by atoms with Crippen molar-refractivity contribution in [1.82, 2.24) is 14.2 Å². The fourth-order valence-corrected chi connectivity index (χ4v) is 3.27. The van der Waals surface area contributed by atoms with E-state index in [1.54, 1.807) is 12.4 Å². The number of nitrogens with zero attached hydrogens (tertiary/aromatic N) is 3. The van der Waals surface area contributed by atoms with Crippen molar-refractivity contribution in [2.45, 2.75) is 6.54 Å². The number of sulfonamides is 1. The SMILES string of the molecule is CS(=O)(=O)N1CCN(Cc2cccnc2)CC(C(=O)O)C1. The molecule has 0 aromatic carbocycles. The molecular weight excluding hydrogens is 294 g/mol. The summed E-state index contributed by atoms with van der Waals surface area (Å²) in [5.74, 6) is -1.69. The summed E-state index contributed by atoms with van der Waals surface area (Å²) in [5.41, 5.74) is 0.981. The number of aliphatic carboxylic acids is 1. The van der Waals surface area contributed by atoms with Gasteiger partial charge >= 0.3 is 5.97 Å². The first-order valence-corrected chi connectivity index (χ1v) is 8.50. The quantitative estimate of drug-likeness (QED) is 0.832. The van der Waals surface area contributed by atoms with Crippen LogP contribution in [-0.4, -0.2) is 66.1 Å². The minimum absolute atomic E-state index is 0.0255. The average Bonchev–Trinajstić information content (AvgIpc) is 2.62. The molecule has 0 bridgehead atoms. The molecule has 1 aliphatic heterocycles. The Morgan fingerprint density at radius 3 is 2.76 bits per heavy atom. The lowest BCUT2D eigenvalue weighted by molar-refractivity contribution is -0.142. The van der Waals surface area contributed by atoms with E-state index in [0.29, 0.717) is 26.2 Å². The van der Waals surface area contributed by atoms with Crippen LogP contribution in [0.25, 0.3) is 0 Å². The Labute approximate surface area is 124 Å². The van der Waals surface area contributed by atoms with E-state index >= 15 is 0 Å². The van der Waals surface area contributed by atoms with Gasteiger partial charge in [-0.3, -0.25) is 14.7 Å². The van der Waals surface area contributed by atoms with Crippen molar-refractivity contribution in [3.05, 3.63) is 30.1 Å². The molecule has 0 amide bonds. The standard InChI is InChI=1S/C13H19N3O4S/c1-21(19,20)16-6-5-15(9-12(10-16)13(17)18)8-11-3-2-4-14-7-11/h2-4,7,12H,5-6,8-10H2,1H3,(H,17,18). The number of carboxylic acids is 1. The van der Waals surface area contributed by atoms with Crippen LogP contribution in [0.1, 0.15) is 5.56 Å². The van der Waals surface area contributed by atoms with Crippen molar-refractivity contribution in [3.8, 4) is 0 Å². The molecule has 1 aromatic rings. The van der Waals surface area contributed by atoms with Crippen molar-refractivity contribution in [3.63, 3.8) is 0 Å². The summed E-state index contributed by atoms with van der Waals surface area (Å²) in [6.07, 6.45) is 4.52. The molecule has 21 heavy (non-hydrogen) atoms. The van der Waals surface area contributed by atoms with E-state index in [4.69, 9.17) is 0 Å². The Balaban J connectivity index is 2.12. The van der Waals surface area contributed by atoms with Gasteiger partial charge in [0.2, 0.25) is 10.0 Å². The van der Waals surface area contributed by atoms with E-state index in [9.17, 15) is 18.3 Å². The van der Waals surface area contributed by atoms with Gasteiger partial charge < -0.3 is 5.11 Å². The van der Waals surface area contributed by atoms with E-state index in [-0.39, 0.29) is 6.54 Å². The van der Waals surface area contributed by atoms with Gasteiger partial charge in [0.15, 0.2) is 0 Å². The first-order chi connectivity index (χ1) is 9.86. The van der Waals surface area contributed by atoms with Gasteiger partial charge in [0.1, 0.15) is 0 Å². The molecule has 1 N–H and O–H groups in total. The summed E-state index contributed by atoms with van der Waals surface area (Å²) >= 11 is 0. The Morgan fingerprint density at radius 2 is 2.19 bits per heavy atom. The van der Waals surface area contributed by atoms with Gasteiger partial charge in [-0.15, -0.1) is 0 Å². The van der Waals surface area contributed by atoms with Gasteiger partial charge in [-0.1, -0.05) is 6.07 Å². The lowest BCUT2D eigenvalue weighted by Gasteiger charge is -2.21. The van der Waals surface area contributed by atoms with E-state index in [0.717, 1.165) is 11.8 Å². The van der Waals surface area contributed by atoms with Crippen LogP contribution < -0.4 is 0 Å². The molecule has 1 saturated heterocycles. The fourth-order valence-electron chi connectivity index (χ4n) is 2.40. The molecule has 0 aliphatic carbocycles.